The van der Waals surface area contributed by atoms with E-state index in [1.165, 1.54) is 5.56 Å². The summed E-state index contributed by atoms with van der Waals surface area (Å²) in [5, 5.41) is 13.5. The first-order valence-corrected chi connectivity index (χ1v) is 6.65. The van der Waals surface area contributed by atoms with Crippen molar-refractivity contribution < 1.29 is 5.11 Å². The zero-order valence-corrected chi connectivity index (χ0v) is 11.0. The second-order valence-electron chi connectivity index (χ2n) is 4.66. The lowest BCUT2D eigenvalue weighted by Crippen LogP contribution is -2.37. The molecule has 2 nitrogen and oxygen atoms in total. The van der Waals surface area contributed by atoms with E-state index < -0.39 is 5.60 Å². The van der Waals surface area contributed by atoms with E-state index in [2.05, 4.69) is 33.4 Å². The molecule has 1 saturated carbocycles. The van der Waals surface area contributed by atoms with Crippen LogP contribution in [0.1, 0.15) is 31.2 Å². The highest BCUT2D eigenvalue weighted by Gasteiger charge is 2.30. The molecule has 0 amide bonds. The summed E-state index contributed by atoms with van der Waals surface area (Å²) < 4.78 is 1.10. The Bertz CT molecular complexity index is 348. The Morgan fingerprint density at radius 2 is 2.06 bits per heavy atom. The number of halogens is 1. The Balaban J connectivity index is 1.79. The predicted molar refractivity (Wildman–Crippen MR) is 69.3 cm³/mol. The first-order valence-electron chi connectivity index (χ1n) is 5.86. The number of hydrogen-bond acceptors (Lipinski definition) is 2. The van der Waals surface area contributed by atoms with Gasteiger partial charge >= 0.3 is 0 Å². The summed E-state index contributed by atoms with van der Waals surface area (Å²) in [6.07, 6.45) is 4.21. The fraction of sp³-hybridized carbons (Fsp3) is 0.538. The molecule has 2 N–H and O–H groups in total. The average molecular weight is 284 g/mol. The topological polar surface area (TPSA) is 32.3 Å². The van der Waals surface area contributed by atoms with Crippen molar-refractivity contribution in [3.05, 3.63) is 34.3 Å². The molecule has 0 aliphatic heterocycles. The van der Waals surface area contributed by atoms with Gasteiger partial charge in [-0.25, -0.2) is 0 Å². The zero-order chi connectivity index (χ0) is 11.4. The Hall–Kier alpha value is -0.380. The minimum Gasteiger partial charge on any atom is -0.389 e. The molecular weight excluding hydrogens is 266 g/mol. The highest BCUT2D eigenvalue weighted by molar-refractivity contribution is 9.10. The fourth-order valence-corrected chi connectivity index (χ4v) is 2.74. The average Bonchev–Trinajstić information content (AvgIpc) is 2.65. The van der Waals surface area contributed by atoms with Crippen LogP contribution in [0.2, 0.25) is 0 Å². The molecule has 0 atom stereocenters. The number of hydrogen-bond donors (Lipinski definition) is 2. The van der Waals surface area contributed by atoms with Crippen LogP contribution in [0.5, 0.6) is 0 Å². The third-order valence-corrected chi connectivity index (χ3v) is 3.70. The smallest absolute Gasteiger partial charge is 0.0771 e. The Labute approximate surface area is 105 Å². The maximum atomic E-state index is 10.2. The van der Waals surface area contributed by atoms with Gasteiger partial charge in [0, 0.05) is 17.6 Å². The molecule has 0 saturated heterocycles. The Morgan fingerprint density at radius 1 is 1.31 bits per heavy atom. The van der Waals surface area contributed by atoms with Crippen LogP contribution in [0.3, 0.4) is 0 Å². The van der Waals surface area contributed by atoms with Gasteiger partial charge in [0.25, 0.3) is 0 Å². The predicted octanol–water partition coefficient (Wildman–Crippen LogP) is 2.84. The molecule has 1 aliphatic rings. The quantitative estimate of drug-likeness (QED) is 0.891. The van der Waals surface area contributed by atoms with E-state index in [-0.39, 0.29) is 0 Å². The van der Waals surface area contributed by atoms with Crippen LogP contribution >= 0.6 is 15.9 Å². The SMILES string of the molecule is OC1(CNCc2cccc(Br)c2)CCCC1. The van der Waals surface area contributed by atoms with E-state index in [1.54, 1.807) is 0 Å². The molecule has 0 unspecified atom stereocenters. The van der Waals surface area contributed by atoms with Crippen molar-refractivity contribution in [1.82, 2.24) is 5.32 Å². The van der Waals surface area contributed by atoms with E-state index in [4.69, 9.17) is 0 Å². The standard InChI is InChI=1S/C13H18BrNO/c14-12-5-3-4-11(8-12)9-15-10-13(16)6-1-2-7-13/h3-5,8,15-16H,1-2,6-7,9-10H2. The summed E-state index contributed by atoms with van der Waals surface area (Å²) in [5.41, 5.74) is 0.794. The van der Waals surface area contributed by atoms with Crippen molar-refractivity contribution in [2.75, 3.05) is 6.54 Å². The largest absolute Gasteiger partial charge is 0.389 e. The third-order valence-electron chi connectivity index (χ3n) is 3.21. The molecule has 3 heteroatoms. The van der Waals surface area contributed by atoms with E-state index in [1.807, 2.05) is 12.1 Å². The van der Waals surface area contributed by atoms with Crippen LogP contribution in [0.25, 0.3) is 0 Å². The number of rotatable bonds is 4. The summed E-state index contributed by atoms with van der Waals surface area (Å²) in [6, 6.07) is 8.25. The van der Waals surface area contributed by atoms with Crippen molar-refractivity contribution in [2.45, 2.75) is 37.8 Å². The molecule has 0 bridgehead atoms. The lowest BCUT2D eigenvalue weighted by molar-refractivity contribution is 0.0475. The van der Waals surface area contributed by atoms with Crippen molar-refractivity contribution in [1.29, 1.82) is 0 Å². The number of aliphatic hydroxyl groups is 1. The summed E-state index contributed by atoms with van der Waals surface area (Å²) >= 11 is 3.45. The monoisotopic (exact) mass is 283 g/mol. The van der Waals surface area contributed by atoms with Crippen molar-refractivity contribution >= 4 is 15.9 Å². The van der Waals surface area contributed by atoms with Crippen LogP contribution in [0, 0.1) is 0 Å². The summed E-state index contributed by atoms with van der Waals surface area (Å²) in [6.45, 7) is 1.53. The molecule has 16 heavy (non-hydrogen) atoms. The van der Waals surface area contributed by atoms with Gasteiger partial charge in [-0.2, -0.15) is 0 Å². The molecule has 0 heterocycles. The fourth-order valence-electron chi connectivity index (χ4n) is 2.30. The lowest BCUT2D eigenvalue weighted by Gasteiger charge is -2.22. The van der Waals surface area contributed by atoms with Gasteiger partial charge < -0.3 is 10.4 Å². The summed E-state index contributed by atoms with van der Waals surface area (Å²) in [4.78, 5) is 0. The van der Waals surface area contributed by atoms with Gasteiger partial charge in [-0.1, -0.05) is 40.9 Å². The maximum absolute atomic E-state index is 10.2. The Kier molecular flexibility index (Phi) is 4.00. The van der Waals surface area contributed by atoms with Crippen molar-refractivity contribution in [3.63, 3.8) is 0 Å². The minimum atomic E-state index is -0.452. The van der Waals surface area contributed by atoms with Crippen LogP contribution in [0.4, 0.5) is 0 Å². The van der Waals surface area contributed by atoms with E-state index in [0.717, 1.165) is 36.7 Å². The molecule has 1 aromatic rings. The van der Waals surface area contributed by atoms with Gasteiger partial charge in [0.05, 0.1) is 5.60 Å². The second kappa shape index (κ2) is 5.30. The molecule has 88 valence electrons. The molecule has 1 aromatic carbocycles. The maximum Gasteiger partial charge on any atom is 0.0771 e. The van der Waals surface area contributed by atoms with Crippen molar-refractivity contribution in [3.8, 4) is 0 Å². The molecular formula is C13H18BrNO. The van der Waals surface area contributed by atoms with E-state index >= 15 is 0 Å². The van der Waals surface area contributed by atoms with Crippen LogP contribution in [-0.2, 0) is 6.54 Å². The van der Waals surface area contributed by atoms with Crippen LogP contribution < -0.4 is 5.32 Å². The molecule has 0 radical (unpaired) electrons. The van der Waals surface area contributed by atoms with Crippen LogP contribution in [-0.4, -0.2) is 17.3 Å². The highest BCUT2D eigenvalue weighted by atomic mass is 79.9. The summed E-state index contributed by atoms with van der Waals surface area (Å²) in [5.74, 6) is 0. The molecule has 0 aromatic heterocycles. The van der Waals surface area contributed by atoms with Gasteiger partial charge in [0.15, 0.2) is 0 Å². The molecule has 1 aliphatic carbocycles. The Morgan fingerprint density at radius 3 is 2.75 bits per heavy atom. The molecule has 1 fully saturated rings. The van der Waals surface area contributed by atoms with Crippen LogP contribution in [0.15, 0.2) is 28.7 Å². The lowest BCUT2D eigenvalue weighted by atomic mass is 10.0. The molecule has 0 spiro atoms. The normalized spacial score (nSPS) is 18.9. The van der Waals surface area contributed by atoms with E-state index in [0.29, 0.717) is 6.54 Å². The number of nitrogens with one attached hydrogen (secondary N) is 1. The highest BCUT2D eigenvalue weighted by Crippen LogP contribution is 2.28. The van der Waals surface area contributed by atoms with Crippen molar-refractivity contribution in [2.24, 2.45) is 0 Å². The van der Waals surface area contributed by atoms with Gasteiger partial charge in [-0.05, 0) is 30.5 Å². The third kappa shape index (κ3) is 3.30. The summed E-state index contributed by atoms with van der Waals surface area (Å²) in [7, 11) is 0. The number of benzene rings is 1. The second-order valence-corrected chi connectivity index (χ2v) is 5.58. The van der Waals surface area contributed by atoms with E-state index in [9.17, 15) is 5.11 Å². The first-order chi connectivity index (χ1) is 7.68. The van der Waals surface area contributed by atoms with Gasteiger partial charge in [-0.3, -0.25) is 0 Å². The van der Waals surface area contributed by atoms with Gasteiger partial charge in [0.1, 0.15) is 0 Å². The van der Waals surface area contributed by atoms with Gasteiger partial charge in [0.2, 0.25) is 0 Å². The van der Waals surface area contributed by atoms with Gasteiger partial charge in [-0.15, -0.1) is 0 Å². The minimum absolute atomic E-state index is 0.452. The first kappa shape index (κ1) is 12.1. The zero-order valence-electron chi connectivity index (χ0n) is 9.38. The molecule has 2 rings (SSSR count).